The Balaban J connectivity index is 1.72. The minimum Gasteiger partial charge on any atom is -0.493 e. The first-order chi connectivity index (χ1) is 13.2. The predicted molar refractivity (Wildman–Crippen MR) is 112 cm³/mol. The molecule has 1 saturated heterocycles. The lowest BCUT2D eigenvalue weighted by Crippen LogP contribution is -2.31. The van der Waals surface area contributed by atoms with E-state index in [9.17, 15) is 0 Å². The molecule has 0 atom stereocenters. The summed E-state index contributed by atoms with van der Waals surface area (Å²) in [7, 11) is 5.51. The van der Waals surface area contributed by atoms with E-state index in [1.807, 2.05) is 23.9 Å². The van der Waals surface area contributed by atoms with E-state index in [1.165, 1.54) is 12.8 Å². The van der Waals surface area contributed by atoms with Crippen molar-refractivity contribution >= 4 is 33.3 Å². The van der Waals surface area contributed by atoms with Crippen LogP contribution in [-0.4, -0.2) is 54.5 Å². The van der Waals surface area contributed by atoms with Crippen LogP contribution in [0.25, 0.3) is 21.3 Å². The number of piperidine rings is 1. The SMILES string of the molecule is COc1ccc(-c2csc3ncnc(SC4CCN(C)CC4)c23)cc1OC. The lowest BCUT2D eigenvalue weighted by Gasteiger charge is -2.28. The lowest BCUT2D eigenvalue weighted by molar-refractivity contribution is 0.282. The Kier molecular flexibility index (Phi) is 5.52. The van der Waals surface area contributed by atoms with E-state index < -0.39 is 0 Å². The zero-order valence-corrected chi connectivity index (χ0v) is 17.4. The summed E-state index contributed by atoms with van der Waals surface area (Å²) in [4.78, 5) is 12.6. The summed E-state index contributed by atoms with van der Waals surface area (Å²) in [5.41, 5.74) is 2.26. The number of nitrogens with zero attached hydrogens (tertiary/aromatic N) is 3. The van der Waals surface area contributed by atoms with E-state index in [1.54, 1.807) is 31.9 Å². The Morgan fingerprint density at radius 1 is 1.11 bits per heavy atom. The summed E-state index contributed by atoms with van der Waals surface area (Å²) in [6.45, 7) is 2.30. The second-order valence-corrected chi connectivity index (χ2v) is 8.85. The van der Waals surface area contributed by atoms with Crippen molar-refractivity contribution < 1.29 is 9.47 Å². The zero-order valence-electron chi connectivity index (χ0n) is 15.8. The molecule has 0 amide bonds. The molecule has 3 aromatic rings. The molecule has 1 fully saturated rings. The fraction of sp³-hybridized carbons (Fsp3) is 0.400. The van der Waals surface area contributed by atoms with Gasteiger partial charge in [-0.15, -0.1) is 23.1 Å². The maximum atomic E-state index is 5.49. The Labute approximate surface area is 167 Å². The molecule has 2 aromatic heterocycles. The van der Waals surface area contributed by atoms with Gasteiger partial charge in [0.15, 0.2) is 11.5 Å². The molecule has 1 aromatic carbocycles. The normalized spacial score (nSPS) is 16.0. The number of fused-ring (bicyclic) bond motifs is 1. The van der Waals surface area contributed by atoms with Gasteiger partial charge < -0.3 is 14.4 Å². The summed E-state index contributed by atoms with van der Waals surface area (Å²) >= 11 is 3.56. The zero-order chi connectivity index (χ0) is 18.8. The molecule has 7 heteroatoms. The highest BCUT2D eigenvalue weighted by Gasteiger charge is 2.21. The molecular formula is C20H23N3O2S2. The Bertz CT molecular complexity index is 936. The van der Waals surface area contributed by atoms with Gasteiger partial charge in [-0.05, 0) is 50.7 Å². The second-order valence-electron chi connectivity index (χ2n) is 6.70. The van der Waals surface area contributed by atoms with Crippen molar-refractivity contribution in [3.8, 4) is 22.6 Å². The number of benzene rings is 1. The van der Waals surface area contributed by atoms with Gasteiger partial charge >= 0.3 is 0 Å². The topological polar surface area (TPSA) is 47.5 Å². The molecule has 3 heterocycles. The van der Waals surface area contributed by atoms with E-state index >= 15 is 0 Å². The van der Waals surface area contributed by atoms with Gasteiger partial charge in [-0.3, -0.25) is 0 Å². The molecule has 27 heavy (non-hydrogen) atoms. The third-order valence-electron chi connectivity index (χ3n) is 4.97. The molecule has 0 radical (unpaired) electrons. The van der Waals surface area contributed by atoms with Crippen LogP contribution in [0.2, 0.25) is 0 Å². The van der Waals surface area contributed by atoms with E-state index in [2.05, 4.69) is 33.4 Å². The van der Waals surface area contributed by atoms with Crippen molar-refractivity contribution in [3.63, 3.8) is 0 Å². The Morgan fingerprint density at radius 3 is 2.63 bits per heavy atom. The minimum atomic E-state index is 0.609. The summed E-state index contributed by atoms with van der Waals surface area (Å²) in [6, 6.07) is 6.04. The van der Waals surface area contributed by atoms with Gasteiger partial charge in [-0.1, -0.05) is 6.07 Å². The van der Waals surface area contributed by atoms with E-state index in [0.29, 0.717) is 5.25 Å². The largest absolute Gasteiger partial charge is 0.493 e. The summed E-state index contributed by atoms with van der Waals surface area (Å²) in [5, 5.41) is 5.01. The second kappa shape index (κ2) is 8.04. The number of thioether (sulfide) groups is 1. The van der Waals surface area contributed by atoms with Crippen molar-refractivity contribution in [1.29, 1.82) is 0 Å². The van der Waals surface area contributed by atoms with Crippen LogP contribution in [0.3, 0.4) is 0 Å². The van der Waals surface area contributed by atoms with E-state index in [-0.39, 0.29) is 0 Å². The van der Waals surface area contributed by atoms with Crippen molar-refractivity contribution in [2.45, 2.75) is 23.1 Å². The maximum absolute atomic E-state index is 5.49. The van der Waals surface area contributed by atoms with Gasteiger partial charge in [0.1, 0.15) is 16.2 Å². The van der Waals surface area contributed by atoms with Crippen LogP contribution < -0.4 is 9.47 Å². The Hall–Kier alpha value is -1.83. The first kappa shape index (κ1) is 18.5. The average Bonchev–Trinajstić information content (AvgIpc) is 3.14. The number of ether oxygens (including phenoxy) is 2. The minimum absolute atomic E-state index is 0.609. The van der Waals surface area contributed by atoms with Crippen molar-refractivity contribution in [2.75, 3.05) is 34.4 Å². The number of rotatable bonds is 5. The molecule has 5 nitrogen and oxygen atoms in total. The third kappa shape index (κ3) is 3.77. The maximum Gasteiger partial charge on any atom is 0.161 e. The number of hydrogen-bond acceptors (Lipinski definition) is 7. The van der Waals surface area contributed by atoms with Gasteiger partial charge in [0, 0.05) is 16.2 Å². The molecule has 142 valence electrons. The van der Waals surface area contributed by atoms with Crippen LogP contribution in [0.4, 0.5) is 0 Å². The first-order valence-corrected chi connectivity index (χ1v) is 10.8. The molecule has 1 aliphatic rings. The molecule has 0 bridgehead atoms. The molecule has 0 aliphatic carbocycles. The van der Waals surface area contributed by atoms with Gasteiger partial charge in [0.25, 0.3) is 0 Å². The first-order valence-electron chi connectivity index (χ1n) is 8.99. The number of hydrogen-bond donors (Lipinski definition) is 0. The predicted octanol–water partition coefficient (Wildman–Crippen LogP) is 4.56. The average molecular weight is 402 g/mol. The van der Waals surface area contributed by atoms with Gasteiger partial charge in [0.2, 0.25) is 0 Å². The van der Waals surface area contributed by atoms with Crippen LogP contribution in [-0.2, 0) is 0 Å². The van der Waals surface area contributed by atoms with Gasteiger partial charge in [-0.2, -0.15) is 0 Å². The molecule has 0 spiro atoms. The molecular weight excluding hydrogens is 378 g/mol. The van der Waals surface area contributed by atoms with Crippen LogP contribution in [0, 0.1) is 0 Å². The van der Waals surface area contributed by atoms with E-state index in [4.69, 9.17) is 9.47 Å². The summed E-state index contributed by atoms with van der Waals surface area (Å²) in [5.74, 6) is 1.47. The van der Waals surface area contributed by atoms with Crippen molar-refractivity contribution in [2.24, 2.45) is 0 Å². The van der Waals surface area contributed by atoms with Crippen molar-refractivity contribution in [1.82, 2.24) is 14.9 Å². The number of methoxy groups -OCH3 is 2. The third-order valence-corrected chi connectivity index (χ3v) is 7.20. The van der Waals surface area contributed by atoms with Crippen LogP contribution in [0.5, 0.6) is 11.5 Å². The molecule has 0 saturated carbocycles. The quantitative estimate of drug-likeness (QED) is 0.584. The highest BCUT2D eigenvalue weighted by atomic mass is 32.2. The molecule has 0 N–H and O–H groups in total. The summed E-state index contributed by atoms with van der Waals surface area (Å²) < 4.78 is 10.9. The molecule has 1 aliphatic heterocycles. The van der Waals surface area contributed by atoms with E-state index in [0.717, 1.165) is 51.0 Å². The smallest absolute Gasteiger partial charge is 0.161 e. The van der Waals surface area contributed by atoms with Gasteiger partial charge in [-0.25, -0.2) is 9.97 Å². The molecule has 4 rings (SSSR count). The van der Waals surface area contributed by atoms with Crippen molar-refractivity contribution in [3.05, 3.63) is 29.9 Å². The standard InChI is InChI=1S/C20H23N3O2S2/c1-23-8-6-14(7-9-23)27-20-18-15(11-26-19(18)21-12-22-20)13-4-5-16(24-2)17(10-13)25-3/h4-5,10-12,14H,6-9H2,1-3H3. The van der Waals surface area contributed by atoms with Crippen LogP contribution >= 0.6 is 23.1 Å². The lowest BCUT2D eigenvalue weighted by atomic mass is 10.1. The fourth-order valence-electron chi connectivity index (χ4n) is 3.41. The number of aromatic nitrogens is 2. The highest BCUT2D eigenvalue weighted by Crippen LogP contribution is 2.42. The van der Waals surface area contributed by atoms with Crippen LogP contribution in [0.15, 0.2) is 34.9 Å². The summed E-state index contributed by atoms with van der Waals surface area (Å²) in [6.07, 6.45) is 4.08. The highest BCUT2D eigenvalue weighted by molar-refractivity contribution is 8.00. The number of thiophene rings is 1. The Morgan fingerprint density at radius 2 is 1.89 bits per heavy atom. The van der Waals surface area contributed by atoms with Gasteiger partial charge in [0.05, 0.1) is 19.6 Å². The monoisotopic (exact) mass is 401 g/mol. The fourth-order valence-corrected chi connectivity index (χ4v) is 5.59. The molecule has 0 unspecified atom stereocenters. The number of likely N-dealkylation sites (tertiary alicyclic amines) is 1. The van der Waals surface area contributed by atoms with Crippen LogP contribution in [0.1, 0.15) is 12.8 Å².